The molecule has 2 aliphatic heterocycles. The fourth-order valence-corrected chi connectivity index (χ4v) is 5.37. The summed E-state index contributed by atoms with van der Waals surface area (Å²) in [4.78, 5) is 4.09. The molecule has 2 aromatic carbocycles. The second-order valence-corrected chi connectivity index (χ2v) is 9.40. The van der Waals surface area contributed by atoms with Gasteiger partial charge < -0.3 is 9.64 Å². The molecule has 2 heterocycles. The Labute approximate surface area is 174 Å². The Bertz CT molecular complexity index is 747. The lowest BCUT2D eigenvalue weighted by Gasteiger charge is -2.41. The van der Waals surface area contributed by atoms with Crippen molar-refractivity contribution >= 4 is 11.9 Å². The number of piperidine rings is 2. The molecule has 0 bridgehead atoms. The lowest BCUT2D eigenvalue weighted by Crippen LogP contribution is -2.46. The number of benzene rings is 2. The maximum absolute atomic E-state index is 5.27. The topological polar surface area (TPSA) is 15.7 Å². The summed E-state index contributed by atoms with van der Waals surface area (Å²) < 4.78 is 7.82. The minimum atomic E-state index is 0.801. The Balaban J connectivity index is 1.32. The van der Waals surface area contributed by atoms with Crippen molar-refractivity contribution in [3.05, 3.63) is 48.5 Å². The van der Waals surface area contributed by atoms with Crippen molar-refractivity contribution in [2.75, 3.05) is 33.3 Å². The third kappa shape index (κ3) is 4.91. The van der Waals surface area contributed by atoms with Gasteiger partial charge in [-0.3, -0.25) is 0 Å². The quantitative estimate of drug-likeness (QED) is 0.614. The summed E-state index contributed by atoms with van der Waals surface area (Å²) in [6.45, 7) is 7.39. The molecule has 0 N–H and O–H groups in total. The minimum absolute atomic E-state index is 0.801. The number of ether oxygens (including phenoxy) is 1. The van der Waals surface area contributed by atoms with Crippen molar-refractivity contribution in [2.45, 2.75) is 43.5 Å². The van der Waals surface area contributed by atoms with Gasteiger partial charge in [0.25, 0.3) is 0 Å². The van der Waals surface area contributed by atoms with Crippen LogP contribution < -0.4 is 4.74 Å². The predicted molar refractivity (Wildman–Crippen MR) is 119 cm³/mol. The highest BCUT2D eigenvalue weighted by Crippen LogP contribution is 2.32. The third-order valence-corrected chi connectivity index (χ3v) is 7.34. The van der Waals surface area contributed by atoms with Gasteiger partial charge in [0.15, 0.2) is 0 Å². The Morgan fingerprint density at radius 1 is 0.857 bits per heavy atom. The van der Waals surface area contributed by atoms with Gasteiger partial charge in [0, 0.05) is 24.0 Å². The van der Waals surface area contributed by atoms with Crippen molar-refractivity contribution in [1.82, 2.24) is 9.21 Å². The van der Waals surface area contributed by atoms with E-state index in [4.69, 9.17) is 4.74 Å². The molecule has 0 saturated carbocycles. The molecular formula is C24H32N2OS. The van der Waals surface area contributed by atoms with Gasteiger partial charge in [-0.05, 0) is 92.0 Å². The summed E-state index contributed by atoms with van der Waals surface area (Å²) in [6.07, 6.45) is 5.37. The summed E-state index contributed by atoms with van der Waals surface area (Å²) in [7, 11) is 1.71. The molecule has 2 saturated heterocycles. The number of rotatable bonds is 5. The van der Waals surface area contributed by atoms with Crippen LogP contribution in [0.15, 0.2) is 53.4 Å². The second kappa shape index (κ2) is 9.34. The van der Waals surface area contributed by atoms with Crippen LogP contribution in [-0.2, 0) is 0 Å². The number of methoxy groups -OCH3 is 1. The second-order valence-electron chi connectivity index (χ2n) is 8.23. The van der Waals surface area contributed by atoms with E-state index >= 15 is 0 Å². The van der Waals surface area contributed by atoms with Crippen LogP contribution in [0.1, 0.15) is 32.6 Å². The molecule has 4 rings (SSSR count). The van der Waals surface area contributed by atoms with Crippen molar-refractivity contribution in [1.29, 1.82) is 0 Å². The van der Waals surface area contributed by atoms with Crippen LogP contribution >= 0.6 is 11.9 Å². The van der Waals surface area contributed by atoms with E-state index < -0.39 is 0 Å². The maximum atomic E-state index is 5.27. The Kier molecular flexibility index (Phi) is 6.61. The number of hydrogen-bond donors (Lipinski definition) is 0. The van der Waals surface area contributed by atoms with Crippen LogP contribution in [0.5, 0.6) is 5.75 Å². The standard InChI is InChI=1S/C24H32N2OS/c1-19-10-14-25(15-11-19)22-12-16-26(17-13-22)28-24-5-3-4-21(18-24)20-6-8-23(27-2)9-7-20/h3-9,18-19,22H,10-17H2,1-2H3. The molecule has 0 aliphatic carbocycles. The number of nitrogens with zero attached hydrogens (tertiary/aromatic N) is 2. The van der Waals surface area contributed by atoms with Crippen LogP contribution in [0.25, 0.3) is 11.1 Å². The molecule has 0 atom stereocenters. The van der Waals surface area contributed by atoms with Crippen LogP contribution in [0.4, 0.5) is 0 Å². The largest absolute Gasteiger partial charge is 0.497 e. The lowest BCUT2D eigenvalue weighted by atomic mass is 9.95. The van der Waals surface area contributed by atoms with Crippen molar-refractivity contribution < 1.29 is 4.74 Å². The SMILES string of the molecule is COc1ccc(-c2cccc(SN3CCC(N4CCC(C)CC4)CC3)c2)cc1. The summed E-state index contributed by atoms with van der Waals surface area (Å²) in [5, 5.41) is 0. The van der Waals surface area contributed by atoms with Crippen LogP contribution in [0, 0.1) is 5.92 Å². The Morgan fingerprint density at radius 2 is 1.57 bits per heavy atom. The van der Waals surface area contributed by atoms with Crippen molar-refractivity contribution in [3.63, 3.8) is 0 Å². The molecule has 4 heteroatoms. The normalized spacial score (nSPS) is 20.4. The average molecular weight is 397 g/mol. The molecule has 28 heavy (non-hydrogen) atoms. The molecular weight excluding hydrogens is 364 g/mol. The first-order valence-corrected chi connectivity index (χ1v) is 11.4. The Morgan fingerprint density at radius 3 is 2.25 bits per heavy atom. The molecule has 0 amide bonds. The van der Waals surface area contributed by atoms with Crippen LogP contribution in [-0.4, -0.2) is 48.5 Å². The van der Waals surface area contributed by atoms with Crippen LogP contribution in [0.2, 0.25) is 0 Å². The Hall–Kier alpha value is -1.49. The van der Waals surface area contributed by atoms with Gasteiger partial charge in [-0.2, -0.15) is 0 Å². The van der Waals surface area contributed by atoms with E-state index in [0.717, 1.165) is 17.7 Å². The van der Waals surface area contributed by atoms with Gasteiger partial charge in [-0.25, -0.2) is 4.31 Å². The van der Waals surface area contributed by atoms with E-state index in [-0.39, 0.29) is 0 Å². The van der Waals surface area contributed by atoms with Gasteiger partial charge in [0.2, 0.25) is 0 Å². The molecule has 2 aromatic rings. The number of hydrogen-bond acceptors (Lipinski definition) is 4. The van der Waals surface area contributed by atoms with E-state index in [1.54, 1.807) is 7.11 Å². The van der Waals surface area contributed by atoms with E-state index in [1.165, 1.54) is 67.9 Å². The predicted octanol–water partition coefficient (Wildman–Crippen LogP) is 5.57. The molecule has 2 fully saturated rings. The minimum Gasteiger partial charge on any atom is -0.497 e. The highest BCUT2D eigenvalue weighted by atomic mass is 32.2. The first-order valence-electron chi connectivity index (χ1n) is 10.6. The third-order valence-electron chi connectivity index (χ3n) is 6.25. The molecule has 2 aliphatic rings. The summed E-state index contributed by atoms with van der Waals surface area (Å²) >= 11 is 1.92. The molecule has 0 spiro atoms. The summed E-state index contributed by atoms with van der Waals surface area (Å²) in [5.74, 6) is 1.82. The van der Waals surface area contributed by atoms with Gasteiger partial charge in [0.1, 0.15) is 5.75 Å². The summed E-state index contributed by atoms with van der Waals surface area (Å²) in [6, 6.07) is 18.0. The zero-order valence-electron chi connectivity index (χ0n) is 17.1. The van der Waals surface area contributed by atoms with Gasteiger partial charge in [0.05, 0.1) is 7.11 Å². The fourth-order valence-electron chi connectivity index (χ4n) is 4.36. The summed E-state index contributed by atoms with van der Waals surface area (Å²) in [5.41, 5.74) is 2.51. The first-order chi connectivity index (χ1) is 13.7. The maximum Gasteiger partial charge on any atom is 0.118 e. The zero-order chi connectivity index (χ0) is 19.3. The molecule has 0 unspecified atom stereocenters. The van der Waals surface area contributed by atoms with E-state index in [9.17, 15) is 0 Å². The highest BCUT2D eigenvalue weighted by Gasteiger charge is 2.27. The van der Waals surface area contributed by atoms with Gasteiger partial charge in [-0.1, -0.05) is 31.2 Å². The van der Waals surface area contributed by atoms with E-state index in [0.29, 0.717) is 0 Å². The highest BCUT2D eigenvalue weighted by molar-refractivity contribution is 7.97. The average Bonchev–Trinajstić information content (AvgIpc) is 2.75. The molecule has 0 aromatic heterocycles. The zero-order valence-corrected chi connectivity index (χ0v) is 18.0. The van der Waals surface area contributed by atoms with E-state index in [2.05, 4.69) is 52.5 Å². The lowest BCUT2D eigenvalue weighted by molar-refractivity contribution is 0.103. The smallest absolute Gasteiger partial charge is 0.118 e. The fraction of sp³-hybridized carbons (Fsp3) is 0.500. The number of likely N-dealkylation sites (tertiary alicyclic amines) is 1. The van der Waals surface area contributed by atoms with Crippen LogP contribution in [0.3, 0.4) is 0 Å². The molecule has 0 radical (unpaired) electrons. The van der Waals surface area contributed by atoms with E-state index in [1.807, 2.05) is 24.1 Å². The molecule has 3 nitrogen and oxygen atoms in total. The molecule has 150 valence electrons. The monoisotopic (exact) mass is 396 g/mol. The van der Waals surface area contributed by atoms with Crippen molar-refractivity contribution in [3.8, 4) is 16.9 Å². The first kappa shape index (κ1) is 19.8. The van der Waals surface area contributed by atoms with Crippen molar-refractivity contribution in [2.24, 2.45) is 5.92 Å². The van der Waals surface area contributed by atoms with Gasteiger partial charge >= 0.3 is 0 Å². The van der Waals surface area contributed by atoms with Gasteiger partial charge in [-0.15, -0.1) is 0 Å².